The number of hydrogen-bond donors (Lipinski definition) is 1. The third kappa shape index (κ3) is 2.68. The third-order valence-electron chi connectivity index (χ3n) is 5.04. The molecule has 0 radical (unpaired) electrons. The normalized spacial score (nSPS) is 18.1. The number of fused-ring (bicyclic) bond motifs is 1. The summed E-state index contributed by atoms with van der Waals surface area (Å²) in [6, 6.07) is 12.4. The molecule has 1 N–H and O–H groups in total. The van der Waals surface area contributed by atoms with Gasteiger partial charge in [0.25, 0.3) is 5.91 Å². The highest BCUT2D eigenvalue weighted by Crippen LogP contribution is 2.37. The second kappa shape index (κ2) is 6.31. The molecule has 0 spiro atoms. The molecule has 1 amide bonds. The summed E-state index contributed by atoms with van der Waals surface area (Å²) >= 11 is 0. The van der Waals surface area contributed by atoms with E-state index in [1.165, 1.54) is 22.3 Å². The first kappa shape index (κ1) is 16.6. The summed E-state index contributed by atoms with van der Waals surface area (Å²) in [5.41, 5.74) is 6.61. The van der Waals surface area contributed by atoms with Crippen LogP contribution in [-0.4, -0.2) is 16.8 Å². The quantitative estimate of drug-likeness (QED) is 0.864. The fraction of sp³-hybridized carbons (Fsp3) is 0.381. The number of carbonyl (C=O) groups excluding carboxylic acids is 1. The molecule has 3 rings (SSSR count). The molecule has 1 aliphatic heterocycles. The largest absolute Gasteiger partial charge is 0.361 e. The predicted octanol–water partition coefficient (Wildman–Crippen LogP) is 4.98. The van der Waals surface area contributed by atoms with E-state index in [9.17, 15) is 4.79 Å². The zero-order valence-corrected chi connectivity index (χ0v) is 15.2. The van der Waals surface area contributed by atoms with Crippen LogP contribution in [0.1, 0.15) is 59.0 Å². The first-order valence-electron chi connectivity index (χ1n) is 8.70. The van der Waals surface area contributed by atoms with E-state index in [0.29, 0.717) is 0 Å². The number of rotatable bonds is 3. The van der Waals surface area contributed by atoms with Crippen LogP contribution in [0.15, 0.2) is 36.4 Å². The molecule has 3 nitrogen and oxygen atoms in total. The molecule has 0 aliphatic carbocycles. The maximum absolute atomic E-state index is 13.2. The highest BCUT2D eigenvalue weighted by atomic mass is 16.2. The molecule has 0 saturated carbocycles. The summed E-state index contributed by atoms with van der Waals surface area (Å²) in [7, 11) is 0. The number of carbonyl (C=O) groups is 1. The standard InChI is InChI=1S/C21H26N2O/c1-6-16(5)23-20(19-14(3)11-13(2)12-15(19)4)22-18-10-8-7-9-17(18)21(23)24/h7-12,16,20,22H,6H2,1-5H3. The minimum Gasteiger partial charge on any atom is -0.361 e. The molecular weight excluding hydrogens is 296 g/mol. The van der Waals surface area contributed by atoms with Gasteiger partial charge in [-0.3, -0.25) is 4.79 Å². The second-order valence-electron chi connectivity index (χ2n) is 6.87. The number of nitrogens with one attached hydrogen (secondary N) is 1. The average molecular weight is 322 g/mol. The van der Waals surface area contributed by atoms with Gasteiger partial charge in [0.05, 0.1) is 5.56 Å². The molecular formula is C21H26N2O. The topological polar surface area (TPSA) is 32.3 Å². The van der Waals surface area contributed by atoms with Gasteiger partial charge in [0.15, 0.2) is 0 Å². The van der Waals surface area contributed by atoms with Gasteiger partial charge in [0.2, 0.25) is 0 Å². The fourth-order valence-electron chi connectivity index (χ4n) is 3.75. The molecule has 0 aromatic heterocycles. The van der Waals surface area contributed by atoms with Gasteiger partial charge in [-0.1, -0.05) is 36.8 Å². The van der Waals surface area contributed by atoms with Gasteiger partial charge in [-0.15, -0.1) is 0 Å². The van der Waals surface area contributed by atoms with Crippen molar-refractivity contribution >= 4 is 11.6 Å². The van der Waals surface area contributed by atoms with Gasteiger partial charge >= 0.3 is 0 Å². The lowest BCUT2D eigenvalue weighted by Gasteiger charge is -2.42. The van der Waals surface area contributed by atoms with Crippen LogP contribution in [0.3, 0.4) is 0 Å². The van der Waals surface area contributed by atoms with Gasteiger partial charge in [0.1, 0.15) is 6.17 Å². The van der Waals surface area contributed by atoms with Crippen LogP contribution in [0.25, 0.3) is 0 Å². The Bertz CT molecular complexity index is 758. The van der Waals surface area contributed by atoms with Crippen LogP contribution in [0.2, 0.25) is 0 Å². The Morgan fingerprint density at radius 2 is 1.75 bits per heavy atom. The smallest absolute Gasteiger partial charge is 0.258 e. The molecule has 1 heterocycles. The monoisotopic (exact) mass is 322 g/mol. The van der Waals surface area contributed by atoms with Gasteiger partial charge in [-0.2, -0.15) is 0 Å². The zero-order chi connectivity index (χ0) is 17.4. The molecule has 0 bridgehead atoms. The lowest BCUT2D eigenvalue weighted by Crippen LogP contribution is -2.48. The molecule has 3 heteroatoms. The SMILES string of the molecule is CCC(C)N1C(=O)c2ccccc2NC1c1c(C)cc(C)cc1C. The lowest BCUT2D eigenvalue weighted by molar-refractivity contribution is 0.0592. The number of benzene rings is 2. The number of anilines is 1. The highest BCUT2D eigenvalue weighted by Gasteiger charge is 2.36. The summed E-state index contributed by atoms with van der Waals surface area (Å²) in [5.74, 6) is 0.114. The van der Waals surface area contributed by atoms with Crippen molar-refractivity contribution in [1.82, 2.24) is 4.90 Å². The van der Waals surface area contributed by atoms with Crippen molar-refractivity contribution in [3.63, 3.8) is 0 Å². The van der Waals surface area contributed by atoms with Gasteiger partial charge < -0.3 is 10.2 Å². The van der Waals surface area contributed by atoms with Gasteiger partial charge in [0, 0.05) is 17.3 Å². The van der Waals surface area contributed by atoms with Crippen molar-refractivity contribution in [2.45, 2.75) is 53.2 Å². The minimum atomic E-state index is -0.122. The minimum absolute atomic E-state index is 0.114. The van der Waals surface area contributed by atoms with Crippen molar-refractivity contribution in [1.29, 1.82) is 0 Å². The van der Waals surface area contributed by atoms with Crippen molar-refractivity contribution < 1.29 is 4.79 Å². The Morgan fingerprint density at radius 1 is 1.12 bits per heavy atom. The van der Waals surface area contributed by atoms with E-state index in [0.717, 1.165) is 17.7 Å². The Labute approximate surface area is 144 Å². The first-order valence-corrected chi connectivity index (χ1v) is 8.70. The average Bonchev–Trinajstić information content (AvgIpc) is 2.53. The molecule has 24 heavy (non-hydrogen) atoms. The molecule has 2 aromatic carbocycles. The Kier molecular flexibility index (Phi) is 4.35. The maximum Gasteiger partial charge on any atom is 0.258 e. The number of aryl methyl sites for hydroxylation is 3. The van der Waals surface area contributed by atoms with E-state index < -0.39 is 0 Å². The van der Waals surface area contributed by atoms with Gasteiger partial charge in [-0.05, 0) is 57.4 Å². The molecule has 2 aromatic rings. The van der Waals surface area contributed by atoms with E-state index in [-0.39, 0.29) is 18.1 Å². The number of hydrogen-bond acceptors (Lipinski definition) is 2. The molecule has 126 valence electrons. The first-order chi connectivity index (χ1) is 11.4. The van der Waals surface area contributed by atoms with Crippen LogP contribution in [0.4, 0.5) is 5.69 Å². The lowest BCUT2D eigenvalue weighted by atomic mass is 9.93. The van der Waals surface area contributed by atoms with Crippen LogP contribution in [0, 0.1) is 20.8 Å². The fourth-order valence-corrected chi connectivity index (χ4v) is 3.75. The number of nitrogens with zero attached hydrogens (tertiary/aromatic N) is 1. The molecule has 1 aliphatic rings. The van der Waals surface area contributed by atoms with Crippen molar-refractivity contribution in [3.05, 3.63) is 64.2 Å². The summed E-state index contributed by atoms with van der Waals surface area (Å²) in [5, 5.41) is 3.62. The second-order valence-corrected chi connectivity index (χ2v) is 6.87. The predicted molar refractivity (Wildman–Crippen MR) is 99.4 cm³/mol. The van der Waals surface area contributed by atoms with E-state index in [4.69, 9.17) is 0 Å². The molecule has 0 saturated heterocycles. The Balaban J connectivity index is 2.17. The van der Waals surface area contributed by atoms with Crippen LogP contribution < -0.4 is 5.32 Å². The van der Waals surface area contributed by atoms with Crippen molar-refractivity contribution in [2.24, 2.45) is 0 Å². The summed E-state index contributed by atoms with van der Waals surface area (Å²) < 4.78 is 0. The van der Waals surface area contributed by atoms with Crippen LogP contribution in [-0.2, 0) is 0 Å². The van der Waals surface area contributed by atoms with Crippen LogP contribution >= 0.6 is 0 Å². The van der Waals surface area contributed by atoms with E-state index in [1.807, 2.05) is 29.2 Å². The van der Waals surface area contributed by atoms with Crippen molar-refractivity contribution in [2.75, 3.05) is 5.32 Å². The summed E-state index contributed by atoms with van der Waals surface area (Å²) in [6.07, 6.45) is 0.804. The Morgan fingerprint density at radius 3 is 2.38 bits per heavy atom. The maximum atomic E-state index is 13.2. The zero-order valence-electron chi connectivity index (χ0n) is 15.2. The Hall–Kier alpha value is -2.29. The third-order valence-corrected chi connectivity index (χ3v) is 5.04. The number of amides is 1. The summed E-state index contributed by atoms with van der Waals surface area (Å²) in [4.78, 5) is 15.2. The molecule has 2 unspecified atom stereocenters. The number of para-hydroxylation sites is 1. The van der Waals surface area contributed by atoms with Crippen LogP contribution in [0.5, 0.6) is 0 Å². The molecule has 2 atom stereocenters. The summed E-state index contributed by atoms with van der Waals surface area (Å²) in [6.45, 7) is 10.6. The highest BCUT2D eigenvalue weighted by molar-refractivity contribution is 6.02. The molecule has 0 fully saturated rings. The van der Waals surface area contributed by atoms with E-state index in [2.05, 4.69) is 52.1 Å². The van der Waals surface area contributed by atoms with E-state index >= 15 is 0 Å². The van der Waals surface area contributed by atoms with Gasteiger partial charge in [-0.25, -0.2) is 0 Å². The van der Waals surface area contributed by atoms with Crippen molar-refractivity contribution in [3.8, 4) is 0 Å². The van der Waals surface area contributed by atoms with E-state index in [1.54, 1.807) is 0 Å².